The molecule has 1 aliphatic heterocycles. The standard InChI is InChI=1S/C19H26N4O2/c1-14-4-7-17(25-14)12-23(16-5-6-16)19(24)13-22-10-2-3-15(11-22)18-8-9-20-21-18/h4,7-9,15-16H,2-3,5-6,10-13H2,1H3,(H,20,21)/t15-/m1/s1. The predicted octanol–water partition coefficient (Wildman–Crippen LogP) is 2.68. The van der Waals surface area contributed by atoms with E-state index in [0.717, 1.165) is 50.3 Å². The molecule has 1 amide bonds. The van der Waals surface area contributed by atoms with Crippen molar-refractivity contribution in [3.05, 3.63) is 41.6 Å². The fourth-order valence-corrected chi connectivity index (χ4v) is 3.77. The highest BCUT2D eigenvalue weighted by Gasteiger charge is 2.34. The van der Waals surface area contributed by atoms with Crippen LogP contribution in [0.4, 0.5) is 0 Å². The molecule has 1 atom stereocenters. The molecule has 6 heteroatoms. The van der Waals surface area contributed by atoms with Crippen LogP contribution < -0.4 is 0 Å². The van der Waals surface area contributed by atoms with Gasteiger partial charge in [-0.2, -0.15) is 5.10 Å². The minimum Gasteiger partial charge on any atom is -0.464 e. The van der Waals surface area contributed by atoms with E-state index >= 15 is 0 Å². The monoisotopic (exact) mass is 342 g/mol. The molecule has 0 bridgehead atoms. The molecule has 0 unspecified atom stereocenters. The zero-order chi connectivity index (χ0) is 17.2. The summed E-state index contributed by atoms with van der Waals surface area (Å²) < 4.78 is 5.68. The summed E-state index contributed by atoms with van der Waals surface area (Å²) in [6, 6.07) is 6.38. The number of H-pyrrole nitrogens is 1. The molecule has 1 aliphatic carbocycles. The molecule has 0 spiro atoms. The van der Waals surface area contributed by atoms with Gasteiger partial charge in [0.2, 0.25) is 5.91 Å². The number of hydrogen-bond donors (Lipinski definition) is 1. The van der Waals surface area contributed by atoms with Crippen LogP contribution in [-0.4, -0.2) is 51.6 Å². The number of aryl methyl sites for hydroxylation is 1. The summed E-state index contributed by atoms with van der Waals surface area (Å²) in [6.07, 6.45) is 6.31. The first-order chi connectivity index (χ1) is 12.2. The molecule has 2 aromatic rings. The minimum absolute atomic E-state index is 0.224. The number of furan rings is 1. The number of carbonyl (C=O) groups is 1. The Hall–Kier alpha value is -2.08. The van der Waals surface area contributed by atoms with Crippen LogP contribution in [0.5, 0.6) is 0 Å². The van der Waals surface area contributed by atoms with E-state index in [2.05, 4.69) is 15.1 Å². The lowest BCUT2D eigenvalue weighted by atomic mass is 9.95. The second-order valence-corrected chi connectivity index (χ2v) is 7.35. The molecule has 0 aromatic carbocycles. The van der Waals surface area contributed by atoms with Gasteiger partial charge in [-0.15, -0.1) is 0 Å². The lowest BCUT2D eigenvalue weighted by Gasteiger charge is -2.33. The second kappa shape index (κ2) is 7.04. The van der Waals surface area contributed by atoms with Crippen molar-refractivity contribution in [3.8, 4) is 0 Å². The molecule has 1 saturated heterocycles. The highest BCUT2D eigenvalue weighted by atomic mass is 16.3. The van der Waals surface area contributed by atoms with Crippen molar-refractivity contribution >= 4 is 5.91 Å². The van der Waals surface area contributed by atoms with Crippen molar-refractivity contribution in [3.63, 3.8) is 0 Å². The number of hydrogen-bond acceptors (Lipinski definition) is 4. The first-order valence-corrected chi connectivity index (χ1v) is 9.25. The molecule has 2 aliphatic rings. The van der Waals surface area contributed by atoms with Crippen molar-refractivity contribution in [2.24, 2.45) is 0 Å². The number of nitrogens with one attached hydrogen (secondary N) is 1. The number of likely N-dealkylation sites (tertiary alicyclic amines) is 1. The first kappa shape index (κ1) is 16.4. The van der Waals surface area contributed by atoms with Crippen LogP contribution in [0.3, 0.4) is 0 Å². The summed E-state index contributed by atoms with van der Waals surface area (Å²) in [6.45, 7) is 4.95. The summed E-state index contributed by atoms with van der Waals surface area (Å²) in [5, 5.41) is 7.15. The minimum atomic E-state index is 0.224. The molecule has 4 rings (SSSR count). The zero-order valence-corrected chi connectivity index (χ0v) is 14.8. The van der Waals surface area contributed by atoms with E-state index in [1.165, 1.54) is 5.69 Å². The number of rotatable bonds is 6. The average molecular weight is 342 g/mol. The molecule has 3 heterocycles. The Kier molecular flexibility index (Phi) is 4.61. The Bertz CT molecular complexity index is 705. The van der Waals surface area contributed by atoms with E-state index in [4.69, 9.17) is 4.42 Å². The third-order valence-electron chi connectivity index (χ3n) is 5.26. The molecule has 1 saturated carbocycles. The number of amides is 1. The first-order valence-electron chi connectivity index (χ1n) is 9.25. The molecule has 2 aromatic heterocycles. The van der Waals surface area contributed by atoms with E-state index < -0.39 is 0 Å². The molecule has 2 fully saturated rings. The Morgan fingerprint density at radius 2 is 2.24 bits per heavy atom. The average Bonchev–Trinajstić information content (AvgIpc) is 3.13. The van der Waals surface area contributed by atoms with E-state index in [9.17, 15) is 4.79 Å². The SMILES string of the molecule is Cc1ccc(CN(C(=O)CN2CCC[C@@H](c3ccn[nH]3)C2)C2CC2)o1. The van der Waals surface area contributed by atoms with Gasteiger partial charge in [-0.25, -0.2) is 0 Å². The van der Waals surface area contributed by atoms with Crippen LogP contribution >= 0.6 is 0 Å². The van der Waals surface area contributed by atoms with Crippen molar-refractivity contribution in [1.82, 2.24) is 20.0 Å². The summed E-state index contributed by atoms with van der Waals surface area (Å²) >= 11 is 0. The van der Waals surface area contributed by atoms with Crippen LogP contribution in [0, 0.1) is 6.92 Å². The maximum Gasteiger partial charge on any atom is 0.237 e. The quantitative estimate of drug-likeness (QED) is 0.876. The van der Waals surface area contributed by atoms with Crippen LogP contribution in [0.1, 0.15) is 48.8 Å². The van der Waals surface area contributed by atoms with E-state index in [1.807, 2.05) is 30.0 Å². The van der Waals surface area contributed by atoms with E-state index in [1.54, 1.807) is 6.20 Å². The third kappa shape index (κ3) is 3.95. The maximum absolute atomic E-state index is 12.9. The van der Waals surface area contributed by atoms with Gasteiger partial charge in [0, 0.05) is 30.4 Å². The van der Waals surface area contributed by atoms with Crippen LogP contribution in [0.15, 0.2) is 28.8 Å². The van der Waals surface area contributed by atoms with Crippen molar-refractivity contribution in [2.75, 3.05) is 19.6 Å². The fourth-order valence-electron chi connectivity index (χ4n) is 3.77. The van der Waals surface area contributed by atoms with Gasteiger partial charge in [0.05, 0.1) is 13.1 Å². The predicted molar refractivity (Wildman–Crippen MR) is 94.0 cm³/mol. The van der Waals surface area contributed by atoms with Gasteiger partial charge in [-0.3, -0.25) is 14.8 Å². The van der Waals surface area contributed by atoms with Gasteiger partial charge in [-0.1, -0.05) is 0 Å². The molecular weight excluding hydrogens is 316 g/mol. The number of aromatic amines is 1. The zero-order valence-electron chi connectivity index (χ0n) is 14.8. The topological polar surface area (TPSA) is 65.4 Å². The highest BCUT2D eigenvalue weighted by molar-refractivity contribution is 5.79. The molecule has 25 heavy (non-hydrogen) atoms. The van der Waals surface area contributed by atoms with E-state index in [-0.39, 0.29) is 5.91 Å². The Balaban J connectivity index is 1.37. The normalized spacial score (nSPS) is 21.4. The van der Waals surface area contributed by atoms with Crippen molar-refractivity contribution < 1.29 is 9.21 Å². The van der Waals surface area contributed by atoms with Gasteiger partial charge in [0.1, 0.15) is 11.5 Å². The Morgan fingerprint density at radius 1 is 1.36 bits per heavy atom. The van der Waals surface area contributed by atoms with E-state index in [0.29, 0.717) is 25.0 Å². The summed E-state index contributed by atoms with van der Waals surface area (Å²) in [5.41, 5.74) is 1.18. The van der Waals surface area contributed by atoms with Crippen molar-refractivity contribution in [2.45, 2.75) is 51.1 Å². The summed E-state index contributed by atoms with van der Waals surface area (Å²) in [4.78, 5) is 17.2. The van der Waals surface area contributed by atoms with Gasteiger partial charge in [-0.05, 0) is 57.4 Å². The van der Waals surface area contributed by atoms with Gasteiger partial charge >= 0.3 is 0 Å². The number of aromatic nitrogens is 2. The fraction of sp³-hybridized carbons (Fsp3) is 0.579. The van der Waals surface area contributed by atoms with Gasteiger partial charge < -0.3 is 9.32 Å². The summed E-state index contributed by atoms with van der Waals surface area (Å²) in [5.74, 6) is 2.45. The Labute approximate surface area is 148 Å². The van der Waals surface area contributed by atoms with Gasteiger partial charge in [0.15, 0.2) is 0 Å². The molecular formula is C19H26N4O2. The number of nitrogens with zero attached hydrogens (tertiary/aromatic N) is 3. The second-order valence-electron chi connectivity index (χ2n) is 7.35. The smallest absolute Gasteiger partial charge is 0.237 e. The van der Waals surface area contributed by atoms with Gasteiger partial charge in [0.25, 0.3) is 0 Å². The molecule has 6 nitrogen and oxygen atoms in total. The number of piperidine rings is 1. The Morgan fingerprint density at radius 3 is 2.92 bits per heavy atom. The van der Waals surface area contributed by atoms with Crippen molar-refractivity contribution in [1.29, 1.82) is 0 Å². The summed E-state index contributed by atoms with van der Waals surface area (Å²) in [7, 11) is 0. The van der Waals surface area contributed by atoms with Crippen LogP contribution in [0.25, 0.3) is 0 Å². The third-order valence-corrected chi connectivity index (χ3v) is 5.26. The largest absolute Gasteiger partial charge is 0.464 e. The maximum atomic E-state index is 12.9. The lowest BCUT2D eigenvalue weighted by Crippen LogP contribution is -2.44. The molecule has 134 valence electrons. The number of carbonyl (C=O) groups excluding carboxylic acids is 1. The van der Waals surface area contributed by atoms with Crippen LogP contribution in [-0.2, 0) is 11.3 Å². The van der Waals surface area contributed by atoms with Crippen LogP contribution in [0.2, 0.25) is 0 Å². The highest BCUT2D eigenvalue weighted by Crippen LogP contribution is 2.30. The lowest BCUT2D eigenvalue weighted by molar-refractivity contribution is -0.134. The molecule has 1 N–H and O–H groups in total. The molecule has 0 radical (unpaired) electrons.